The Morgan fingerprint density at radius 2 is 1.26 bits per heavy atom. The van der Waals surface area contributed by atoms with Gasteiger partial charge in [-0.15, -0.1) is 0 Å². The monoisotopic (exact) mass is 419 g/mol. The molecule has 0 bridgehead atoms. The summed E-state index contributed by atoms with van der Waals surface area (Å²) in [7, 11) is 0. The lowest BCUT2D eigenvalue weighted by molar-refractivity contribution is -0.117. The molecule has 0 saturated carbocycles. The maximum absolute atomic E-state index is 12.4. The normalized spacial score (nSPS) is 10.9. The molecular formula is C23H18BrNO2. The van der Waals surface area contributed by atoms with Crippen LogP contribution >= 0.6 is 15.9 Å². The minimum Gasteiger partial charge on any atom is -0.342 e. The summed E-state index contributed by atoms with van der Waals surface area (Å²) in [6.07, 6.45) is 2.58. The third-order valence-corrected chi connectivity index (χ3v) is 4.60. The SMILES string of the molecule is O=C(/C=C/C(=O)c1ccc(Br)cc1)NC(c1ccccc1)c1ccccc1. The first-order valence-corrected chi connectivity index (χ1v) is 9.31. The minimum absolute atomic E-state index is 0.214. The van der Waals surface area contributed by atoms with Gasteiger partial charge < -0.3 is 5.32 Å². The molecule has 27 heavy (non-hydrogen) atoms. The predicted molar refractivity (Wildman–Crippen MR) is 110 cm³/mol. The van der Waals surface area contributed by atoms with Crippen LogP contribution in [-0.2, 0) is 4.79 Å². The zero-order chi connectivity index (χ0) is 19.1. The van der Waals surface area contributed by atoms with Crippen LogP contribution in [0.3, 0.4) is 0 Å². The van der Waals surface area contributed by atoms with Gasteiger partial charge in [0.2, 0.25) is 5.91 Å². The van der Waals surface area contributed by atoms with Crippen molar-refractivity contribution in [2.75, 3.05) is 0 Å². The first-order chi connectivity index (χ1) is 13.1. The molecule has 4 heteroatoms. The van der Waals surface area contributed by atoms with E-state index < -0.39 is 0 Å². The van der Waals surface area contributed by atoms with Gasteiger partial charge in [-0.2, -0.15) is 0 Å². The second kappa shape index (κ2) is 9.10. The molecule has 0 aliphatic rings. The van der Waals surface area contributed by atoms with E-state index in [-0.39, 0.29) is 17.7 Å². The van der Waals surface area contributed by atoms with E-state index in [1.807, 2.05) is 60.7 Å². The molecule has 3 aromatic rings. The van der Waals surface area contributed by atoms with E-state index in [9.17, 15) is 9.59 Å². The molecule has 0 spiro atoms. The predicted octanol–water partition coefficient (Wildman–Crippen LogP) is 5.09. The Kier molecular flexibility index (Phi) is 6.34. The van der Waals surface area contributed by atoms with Crippen LogP contribution in [0.4, 0.5) is 0 Å². The number of allylic oxidation sites excluding steroid dienone is 1. The van der Waals surface area contributed by atoms with Crippen LogP contribution in [0.1, 0.15) is 27.5 Å². The van der Waals surface area contributed by atoms with Gasteiger partial charge in [0.25, 0.3) is 0 Å². The smallest absolute Gasteiger partial charge is 0.244 e. The molecular weight excluding hydrogens is 402 g/mol. The summed E-state index contributed by atoms with van der Waals surface area (Å²) >= 11 is 3.33. The van der Waals surface area contributed by atoms with Crippen molar-refractivity contribution < 1.29 is 9.59 Å². The molecule has 0 radical (unpaired) electrons. The first kappa shape index (κ1) is 18.8. The molecule has 0 aliphatic heterocycles. The van der Waals surface area contributed by atoms with E-state index in [4.69, 9.17) is 0 Å². The number of hydrogen-bond acceptors (Lipinski definition) is 2. The summed E-state index contributed by atoms with van der Waals surface area (Å²) in [5, 5.41) is 2.98. The zero-order valence-corrected chi connectivity index (χ0v) is 16.1. The van der Waals surface area contributed by atoms with Gasteiger partial charge in [0, 0.05) is 16.1 Å². The molecule has 0 atom stereocenters. The molecule has 1 amide bonds. The van der Waals surface area contributed by atoms with Crippen LogP contribution in [-0.4, -0.2) is 11.7 Å². The highest BCUT2D eigenvalue weighted by molar-refractivity contribution is 9.10. The van der Waals surface area contributed by atoms with Crippen molar-refractivity contribution in [1.82, 2.24) is 5.32 Å². The fraction of sp³-hybridized carbons (Fsp3) is 0.0435. The Labute approximate surface area is 166 Å². The Morgan fingerprint density at radius 1 is 0.741 bits per heavy atom. The van der Waals surface area contributed by atoms with Crippen LogP contribution in [0.2, 0.25) is 0 Å². The van der Waals surface area contributed by atoms with Gasteiger partial charge in [-0.3, -0.25) is 9.59 Å². The van der Waals surface area contributed by atoms with Crippen molar-refractivity contribution in [3.8, 4) is 0 Å². The van der Waals surface area contributed by atoms with Crippen molar-refractivity contribution in [2.24, 2.45) is 0 Å². The van der Waals surface area contributed by atoms with E-state index in [0.717, 1.165) is 15.6 Å². The molecule has 3 aromatic carbocycles. The van der Waals surface area contributed by atoms with Crippen molar-refractivity contribution >= 4 is 27.6 Å². The average Bonchev–Trinajstić information content (AvgIpc) is 2.72. The standard InChI is InChI=1S/C23H18BrNO2/c24-20-13-11-17(12-14-20)21(26)15-16-22(27)25-23(18-7-3-1-4-8-18)19-9-5-2-6-10-19/h1-16,23H,(H,25,27)/b16-15+. The number of rotatable bonds is 6. The Morgan fingerprint density at radius 3 is 1.78 bits per heavy atom. The summed E-state index contributed by atoms with van der Waals surface area (Å²) in [4.78, 5) is 24.6. The first-order valence-electron chi connectivity index (χ1n) is 8.52. The average molecular weight is 420 g/mol. The second-order valence-corrected chi connectivity index (χ2v) is 6.88. The Bertz CT molecular complexity index is 896. The summed E-state index contributed by atoms with van der Waals surface area (Å²) < 4.78 is 0.898. The topological polar surface area (TPSA) is 46.2 Å². The molecule has 0 aromatic heterocycles. The van der Waals surface area contributed by atoms with Gasteiger partial charge in [0.05, 0.1) is 6.04 Å². The summed E-state index contributed by atoms with van der Waals surface area (Å²) in [5.74, 6) is -0.535. The molecule has 0 unspecified atom stereocenters. The largest absolute Gasteiger partial charge is 0.342 e. The molecule has 134 valence electrons. The van der Waals surface area contributed by atoms with Gasteiger partial charge in [-0.1, -0.05) is 76.6 Å². The summed E-state index contributed by atoms with van der Waals surface area (Å²) in [6.45, 7) is 0. The van der Waals surface area contributed by atoms with E-state index in [1.54, 1.807) is 24.3 Å². The van der Waals surface area contributed by atoms with E-state index in [1.165, 1.54) is 12.2 Å². The quantitative estimate of drug-likeness (QED) is 0.446. The number of hydrogen-bond donors (Lipinski definition) is 1. The third-order valence-electron chi connectivity index (χ3n) is 4.07. The summed E-state index contributed by atoms with van der Waals surface area (Å²) in [6, 6.07) is 26.2. The van der Waals surface area contributed by atoms with Gasteiger partial charge in [0.15, 0.2) is 5.78 Å². The third kappa shape index (κ3) is 5.25. The Hall–Kier alpha value is -2.98. The Balaban J connectivity index is 1.75. The molecule has 0 saturated heterocycles. The van der Waals surface area contributed by atoms with Crippen LogP contribution < -0.4 is 5.32 Å². The maximum Gasteiger partial charge on any atom is 0.244 e. The van der Waals surface area contributed by atoms with Gasteiger partial charge in [0.1, 0.15) is 0 Å². The number of carbonyl (C=O) groups excluding carboxylic acids is 2. The molecule has 1 N–H and O–H groups in total. The number of ketones is 1. The zero-order valence-electron chi connectivity index (χ0n) is 14.5. The fourth-order valence-electron chi connectivity index (χ4n) is 2.70. The molecule has 0 aliphatic carbocycles. The highest BCUT2D eigenvalue weighted by Gasteiger charge is 2.15. The highest BCUT2D eigenvalue weighted by Crippen LogP contribution is 2.21. The molecule has 0 fully saturated rings. The van der Waals surface area contributed by atoms with Crippen molar-refractivity contribution in [2.45, 2.75) is 6.04 Å². The van der Waals surface area contributed by atoms with Crippen LogP contribution in [0.25, 0.3) is 0 Å². The van der Waals surface area contributed by atoms with E-state index in [2.05, 4.69) is 21.2 Å². The molecule has 3 rings (SSSR count). The van der Waals surface area contributed by atoms with Gasteiger partial charge in [-0.05, 0) is 41.5 Å². The van der Waals surface area contributed by atoms with E-state index >= 15 is 0 Å². The minimum atomic E-state index is -0.321. The maximum atomic E-state index is 12.4. The number of amides is 1. The van der Waals surface area contributed by atoms with Crippen molar-refractivity contribution in [1.29, 1.82) is 0 Å². The van der Waals surface area contributed by atoms with Crippen molar-refractivity contribution in [3.63, 3.8) is 0 Å². The van der Waals surface area contributed by atoms with Crippen LogP contribution in [0.15, 0.2) is 102 Å². The van der Waals surface area contributed by atoms with Gasteiger partial charge in [-0.25, -0.2) is 0 Å². The fourth-order valence-corrected chi connectivity index (χ4v) is 2.97. The van der Waals surface area contributed by atoms with E-state index in [0.29, 0.717) is 5.56 Å². The lowest BCUT2D eigenvalue weighted by Crippen LogP contribution is -2.27. The van der Waals surface area contributed by atoms with Crippen LogP contribution in [0, 0.1) is 0 Å². The number of carbonyl (C=O) groups is 2. The lowest BCUT2D eigenvalue weighted by atomic mass is 9.98. The molecule has 0 heterocycles. The van der Waals surface area contributed by atoms with Crippen LogP contribution in [0.5, 0.6) is 0 Å². The lowest BCUT2D eigenvalue weighted by Gasteiger charge is -2.19. The molecule has 3 nitrogen and oxygen atoms in total. The summed E-state index contributed by atoms with van der Waals surface area (Å²) in [5.41, 5.74) is 2.49. The highest BCUT2D eigenvalue weighted by atomic mass is 79.9. The van der Waals surface area contributed by atoms with Gasteiger partial charge >= 0.3 is 0 Å². The second-order valence-electron chi connectivity index (χ2n) is 5.97. The number of halogens is 1. The number of benzene rings is 3. The number of nitrogens with one attached hydrogen (secondary N) is 1. The van der Waals surface area contributed by atoms with Crippen molar-refractivity contribution in [3.05, 3.63) is 118 Å².